The Morgan fingerprint density at radius 1 is 1.02 bits per heavy atom. The van der Waals surface area contributed by atoms with E-state index in [4.69, 9.17) is 14.5 Å². The highest BCUT2D eigenvalue weighted by Gasteiger charge is 2.22. The predicted octanol–water partition coefficient (Wildman–Crippen LogP) is 4.35. The Balaban J connectivity index is 1.29. The normalized spacial score (nSPS) is 13.1. The first-order valence-corrected chi connectivity index (χ1v) is 14.8. The number of amides is 1. The van der Waals surface area contributed by atoms with Gasteiger partial charge in [-0.1, -0.05) is 42.5 Å². The summed E-state index contributed by atoms with van der Waals surface area (Å²) in [6.45, 7) is 3.42. The fraction of sp³-hybridized carbons (Fsp3) is 0.424. The van der Waals surface area contributed by atoms with Gasteiger partial charge in [0.15, 0.2) is 0 Å². The highest BCUT2D eigenvalue weighted by Crippen LogP contribution is 2.21. The summed E-state index contributed by atoms with van der Waals surface area (Å²) in [6, 6.07) is 20.2. The van der Waals surface area contributed by atoms with Crippen molar-refractivity contribution in [3.8, 4) is 11.5 Å². The molecule has 4 rings (SSSR count). The van der Waals surface area contributed by atoms with Crippen LogP contribution in [0.3, 0.4) is 0 Å². The number of pyridine rings is 1. The number of carboxylic acids is 1. The second-order valence-electron chi connectivity index (χ2n) is 10.5. The van der Waals surface area contributed by atoms with Crippen LogP contribution in [0, 0.1) is 0 Å². The van der Waals surface area contributed by atoms with E-state index in [1.807, 2.05) is 42.5 Å². The van der Waals surface area contributed by atoms with E-state index in [1.54, 1.807) is 19.2 Å². The number of aryl methyl sites for hydroxylation is 2. The molecule has 0 aliphatic carbocycles. The van der Waals surface area contributed by atoms with Gasteiger partial charge in [-0.25, -0.2) is 9.78 Å². The number of nitrogens with one attached hydrogen (secondary N) is 2. The van der Waals surface area contributed by atoms with Gasteiger partial charge in [0.1, 0.15) is 30.0 Å². The molecule has 3 aromatic rings. The lowest BCUT2D eigenvalue weighted by Gasteiger charge is -2.24. The number of aromatic nitrogens is 1. The minimum Gasteiger partial charge on any atom is -0.496 e. The number of rotatable bonds is 17. The lowest BCUT2D eigenvalue weighted by atomic mass is 10.1. The van der Waals surface area contributed by atoms with Crippen molar-refractivity contribution in [2.45, 2.75) is 51.0 Å². The summed E-state index contributed by atoms with van der Waals surface area (Å²) in [4.78, 5) is 31.8. The van der Waals surface area contributed by atoms with Crippen molar-refractivity contribution in [1.82, 2.24) is 15.2 Å². The van der Waals surface area contributed by atoms with Gasteiger partial charge in [-0.05, 0) is 74.9 Å². The highest BCUT2D eigenvalue weighted by molar-refractivity contribution is 5.85. The molecule has 1 aliphatic rings. The van der Waals surface area contributed by atoms with E-state index < -0.39 is 12.0 Å². The molecule has 1 amide bonds. The lowest BCUT2D eigenvalue weighted by molar-refractivity contribution is -0.142. The first-order chi connectivity index (χ1) is 20.5. The molecule has 2 aromatic carbocycles. The Labute approximate surface area is 248 Å². The van der Waals surface area contributed by atoms with Crippen LogP contribution in [-0.4, -0.2) is 72.8 Å². The van der Waals surface area contributed by atoms with Crippen molar-refractivity contribution < 1.29 is 24.2 Å². The van der Waals surface area contributed by atoms with Gasteiger partial charge in [0, 0.05) is 30.9 Å². The lowest BCUT2D eigenvalue weighted by Crippen LogP contribution is -2.44. The van der Waals surface area contributed by atoms with E-state index in [1.165, 1.54) is 5.56 Å². The Kier molecular flexibility index (Phi) is 12.0. The third-order valence-corrected chi connectivity index (χ3v) is 7.44. The van der Waals surface area contributed by atoms with Crippen molar-refractivity contribution in [2.75, 3.05) is 45.2 Å². The van der Waals surface area contributed by atoms with Crippen LogP contribution in [0.4, 0.5) is 5.82 Å². The average Bonchev–Trinajstić information content (AvgIpc) is 3.01. The SMILES string of the molecule is COc1ccccc1CC(=O)N[C@@H](CCN(CCCCc1ccc2c(n1)NCCC2)CCOc1ccccc1)C(=O)O. The number of nitrogens with zero attached hydrogens (tertiary/aromatic N) is 2. The number of ether oxygens (including phenoxy) is 2. The average molecular weight is 575 g/mol. The van der Waals surface area contributed by atoms with Crippen LogP contribution in [0.25, 0.3) is 0 Å². The number of anilines is 1. The summed E-state index contributed by atoms with van der Waals surface area (Å²) in [5.41, 5.74) is 3.09. The maximum atomic E-state index is 12.7. The molecule has 42 heavy (non-hydrogen) atoms. The summed E-state index contributed by atoms with van der Waals surface area (Å²) in [7, 11) is 1.55. The molecule has 3 N–H and O–H groups in total. The van der Waals surface area contributed by atoms with Gasteiger partial charge in [0.2, 0.25) is 5.91 Å². The van der Waals surface area contributed by atoms with Gasteiger partial charge in [-0.3, -0.25) is 9.69 Å². The first-order valence-electron chi connectivity index (χ1n) is 14.8. The van der Waals surface area contributed by atoms with Gasteiger partial charge in [0.25, 0.3) is 0 Å². The van der Waals surface area contributed by atoms with Crippen molar-refractivity contribution in [3.63, 3.8) is 0 Å². The molecule has 0 bridgehead atoms. The van der Waals surface area contributed by atoms with Crippen LogP contribution < -0.4 is 20.1 Å². The van der Waals surface area contributed by atoms with Gasteiger partial charge < -0.3 is 25.2 Å². The van der Waals surface area contributed by atoms with Crippen LogP contribution in [0.5, 0.6) is 11.5 Å². The Morgan fingerprint density at radius 2 is 1.83 bits per heavy atom. The number of aliphatic carboxylic acids is 1. The molecule has 0 radical (unpaired) electrons. The Bertz CT molecular complexity index is 1290. The third-order valence-electron chi connectivity index (χ3n) is 7.44. The Morgan fingerprint density at radius 3 is 2.64 bits per heavy atom. The number of hydrogen-bond acceptors (Lipinski definition) is 7. The number of fused-ring (bicyclic) bond motifs is 1. The molecule has 1 aromatic heterocycles. The molecule has 0 fully saturated rings. The number of benzene rings is 2. The van der Waals surface area contributed by atoms with Crippen molar-refractivity contribution >= 4 is 17.7 Å². The van der Waals surface area contributed by atoms with Crippen LogP contribution in [0.1, 0.15) is 42.5 Å². The van der Waals surface area contributed by atoms with Crippen molar-refractivity contribution in [1.29, 1.82) is 0 Å². The van der Waals surface area contributed by atoms with Gasteiger partial charge in [-0.2, -0.15) is 0 Å². The number of unbranched alkanes of at least 4 members (excludes halogenated alkanes) is 1. The van der Waals surface area contributed by atoms with E-state index in [9.17, 15) is 14.7 Å². The number of hydrogen-bond donors (Lipinski definition) is 3. The first kappa shape index (κ1) is 30.8. The van der Waals surface area contributed by atoms with Gasteiger partial charge in [0.05, 0.1) is 13.5 Å². The minimum atomic E-state index is -1.05. The number of para-hydroxylation sites is 2. The van der Waals surface area contributed by atoms with Gasteiger partial charge in [-0.15, -0.1) is 0 Å². The fourth-order valence-electron chi connectivity index (χ4n) is 5.13. The van der Waals surface area contributed by atoms with Crippen LogP contribution >= 0.6 is 0 Å². The fourth-order valence-corrected chi connectivity index (χ4v) is 5.13. The topological polar surface area (TPSA) is 113 Å². The molecule has 2 heterocycles. The largest absolute Gasteiger partial charge is 0.496 e. The van der Waals surface area contributed by atoms with Crippen LogP contribution in [0.2, 0.25) is 0 Å². The van der Waals surface area contributed by atoms with Crippen LogP contribution in [0.15, 0.2) is 66.7 Å². The minimum absolute atomic E-state index is 0.0503. The smallest absolute Gasteiger partial charge is 0.326 e. The number of methoxy groups -OCH3 is 1. The zero-order valence-corrected chi connectivity index (χ0v) is 24.4. The molecule has 0 spiro atoms. The molecule has 1 atom stereocenters. The molecular formula is C33H42N4O5. The number of carboxylic acid groups (broad SMARTS) is 1. The van der Waals surface area contributed by atoms with Gasteiger partial charge >= 0.3 is 5.97 Å². The van der Waals surface area contributed by atoms with E-state index in [0.29, 0.717) is 31.0 Å². The van der Waals surface area contributed by atoms with E-state index in [2.05, 4.69) is 27.7 Å². The summed E-state index contributed by atoms with van der Waals surface area (Å²) < 4.78 is 11.2. The molecular weight excluding hydrogens is 532 g/mol. The van der Waals surface area contributed by atoms with E-state index in [0.717, 1.165) is 62.5 Å². The molecule has 0 unspecified atom stereocenters. The monoisotopic (exact) mass is 574 g/mol. The van der Waals surface area contributed by atoms with E-state index in [-0.39, 0.29) is 18.7 Å². The molecule has 224 valence electrons. The summed E-state index contributed by atoms with van der Waals surface area (Å²) in [5, 5.41) is 16.0. The zero-order valence-electron chi connectivity index (χ0n) is 24.4. The second-order valence-corrected chi connectivity index (χ2v) is 10.5. The molecule has 1 aliphatic heterocycles. The summed E-state index contributed by atoms with van der Waals surface area (Å²) >= 11 is 0. The maximum absolute atomic E-state index is 12.7. The second kappa shape index (κ2) is 16.4. The maximum Gasteiger partial charge on any atom is 0.326 e. The van der Waals surface area contributed by atoms with E-state index >= 15 is 0 Å². The predicted molar refractivity (Wildman–Crippen MR) is 163 cm³/mol. The summed E-state index contributed by atoms with van der Waals surface area (Å²) in [5.74, 6) is 1.03. The van der Waals surface area contributed by atoms with Crippen molar-refractivity contribution in [3.05, 3.63) is 83.6 Å². The molecule has 0 saturated carbocycles. The molecule has 9 heteroatoms. The Hall–Kier alpha value is -4.11. The quantitative estimate of drug-likeness (QED) is 0.204. The molecule has 9 nitrogen and oxygen atoms in total. The number of carbonyl (C=O) groups is 2. The zero-order chi connectivity index (χ0) is 29.6. The summed E-state index contributed by atoms with van der Waals surface area (Å²) in [6.07, 6.45) is 5.36. The standard InChI is InChI=1S/C33H42N4O5/c1-41-30-15-6-5-10-26(30)24-31(38)36-29(33(39)40)18-21-37(22-23-42-28-13-3-2-4-14-28)20-8-7-12-27-17-16-25-11-9-19-34-32(25)35-27/h2-6,10,13-17,29H,7-9,11-12,18-24H2,1H3,(H,34,35)(H,36,38)(H,39,40)/t29-/m0/s1. The highest BCUT2D eigenvalue weighted by atomic mass is 16.5. The molecule has 0 saturated heterocycles. The number of carbonyl (C=O) groups excluding carboxylic acids is 1. The van der Waals surface area contributed by atoms with Crippen LogP contribution in [-0.2, 0) is 28.9 Å². The third kappa shape index (κ3) is 9.76. The van der Waals surface area contributed by atoms with Crippen molar-refractivity contribution in [2.24, 2.45) is 0 Å².